The Morgan fingerprint density at radius 1 is 1.04 bits per heavy atom. The molecular formula is C17H17IN2O3. The zero-order valence-corrected chi connectivity index (χ0v) is 15.0. The lowest BCUT2D eigenvalue weighted by molar-refractivity contribution is -0.123. The van der Waals surface area contributed by atoms with Gasteiger partial charge in [-0.15, -0.1) is 0 Å². The van der Waals surface area contributed by atoms with Crippen molar-refractivity contribution >= 4 is 34.4 Å². The third-order valence-corrected chi connectivity index (χ3v) is 4.30. The van der Waals surface area contributed by atoms with Crippen LogP contribution >= 0.6 is 22.6 Å². The molecule has 5 nitrogen and oxygen atoms in total. The molecule has 0 unspecified atom stereocenters. The van der Waals surface area contributed by atoms with Gasteiger partial charge in [0.15, 0.2) is 6.61 Å². The largest absolute Gasteiger partial charge is 0.484 e. The van der Waals surface area contributed by atoms with Crippen molar-refractivity contribution in [3.05, 3.63) is 62.7 Å². The van der Waals surface area contributed by atoms with E-state index >= 15 is 0 Å². The number of hydrogen-bond acceptors (Lipinski definition) is 3. The Morgan fingerprint density at radius 2 is 1.74 bits per heavy atom. The highest BCUT2D eigenvalue weighted by atomic mass is 127. The molecule has 0 heterocycles. The van der Waals surface area contributed by atoms with Crippen LogP contribution in [-0.4, -0.2) is 18.4 Å². The maximum absolute atomic E-state index is 12.0. The summed E-state index contributed by atoms with van der Waals surface area (Å²) < 4.78 is 6.32. The van der Waals surface area contributed by atoms with E-state index in [1.807, 2.05) is 32.0 Å². The molecule has 2 rings (SSSR count). The second kappa shape index (κ2) is 7.96. The molecule has 0 fully saturated rings. The Kier molecular flexibility index (Phi) is 5.97. The first kappa shape index (κ1) is 17.3. The second-order valence-corrected chi connectivity index (χ2v) is 6.23. The van der Waals surface area contributed by atoms with E-state index in [4.69, 9.17) is 4.74 Å². The summed E-state index contributed by atoms with van der Waals surface area (Å²) in [5.41, 5.74) is 7.39. The van der Waals surface area contributed by atoms with Crippen molar-refractivity contribution in [2.24, 2.45) is 0 Å². The maximum atomic E-state index is 12.0. The van der Waals surface area contributed by atoms with Crippen molar-refractivity contribution in [1.82, 2.24) is 10.9 Å². The van der Waals surface area contributed by atoms with Crippen LogP contribution in [-0.2, 0) is 4.79 Å². The first-order chi connectivity index (χ1) is 11.0. The van der Waals surface area contributed by atoms with E-state index < -0.39 is 5.91 Å². The van der Waals surface area contributed by atoms with E-state index in [0.29, 0.717) is 11.3 Å². The van der Waals surface area contributed by atoms with Gasteiger partial charge in [0.1, 0.15) is 5.75 Å². The van der Waals surface area contributed by atoms with Crippen LogP contribution in [0.25, 0.3) is 0 Å². The van der Waals surface area contributed by atoms with Crippen LogP contribution in [0.2, 0.25) is 0 Å². The number of aryl methyl sites for hydroxylation is 2. The van der Waals surface area contributed by atoms with Crippen molar-refractivity contribution in [1.29, 1.82) is 0 Å². The summed E-state index contributed by atoms with van der Waals surface area (Å²) >= 11 is 2.16. The highest BCUT2D eigenvalue weighted by molar-refractivity contribution is 14.1. The van der Waals surface area contributed by atoms with Crippen LogP contribution in [0.1, 0.15) is 21.5 Å². The fraction of sp³-hybridized carbons (Fsp3) is 0.176. The third-order valence-electron chi connectivity index (χ3n) is 3.14. The predicted octanol–water partition coefficient (Wildman–Crippen LogP) is 2.75. The van der Waals surface area contributed by atoms with Gasteiger partial charge >= 0.3 is 0 Å². The van der Waals surface area contributed by atoms with Crippen LogP contribution in [0, 0.1) is 17.4 Å². The van der Waals surface area contributed by atoms with Crippen molar-refractivity contribution in [2.45, 2.75) is 13.8 Å². The summed E-state index contributed by atoms with van der Waals surface area (Å²) in [6, 6.07) is 12.7. The molecule has 2 amide bonds. The highest BCUT2D eigenvalue weighted by Gasteiger charge is 2.09. The Balaban J connectivity index is 1.80. The van der Waals surface area contributed by atoms with Crippen LogP contribution in [0.15, 0.2) is 42.5 Å². The second-order valence-electron chi connectivity index (χ2n) is 5.07. The van der Waals surface area contributed by atoms with Gasteiger partial charge in [-0.25, -0.2) is 0 Å². The predicted molar refractivity (Wildman–Crippen MR) is 96.2 cm³/mol. The molecule has 23 heavy (non-hydrogen) atoms. The minimum Gasteiger partial charge on any atom is -0.484 e. The van der Waals surface area contributed by atoms with Crippen LogP contribution in [0.3, 0.4) is 0 Å². The number of benzene rings is 2. The van der Waals surface area contributed by atoms with Gasteiger partial charge in [-0.3, -0.25) is 20.4 Å². The molecule has 2 aromatic rings. The van der Waals surface area contributed by atoms with Crippen molar-refractivity contribution in [3.8, 4) is 5.75 Å². The van der Waals surface area contributed by atoms with Gasteiger partial charge in [0.25, 0.3) is 11.8 Å². The number of halogens is 1. The van der Waals surface area contributed by atoms with Crippen molar-refractivity contribution in [3.63, 3.8) is 0 Å². The lowest BCUT2D eigenvalue weighted by Gasteiger charge is -2.09. The fourth-order valence-corrected chi connectivity index (χ4v) is 2.27. The number of amides is 2. The molecule has 0 aromatic heterocycles. The normalized spacial score (nSPS) is 10.0. The molecule has 2 N–H and O–H groups in total. The topological polar surface area (TPSA) is 67.4 Å². The van der Waals surface area contributed by atoms with Crippen molar-refractivity contribution in [2.75, 3.05) is 6.61 Å². The quantitative estimate of drug-likeness (QED) is 0.586. The summed E-state index contributed by atoms with van der Waals surface area (Å²) in [6.07, 6.45) is 0. The molecule has 0 aliphatic rings. The molecular weight excluding hydrogens is 407 g/mol. The summed E-state index contributed by atoms with van der Waals surface area (Å²) in [4.78, 5) is 23.6. The molecule has 0 saturated carbocycles. The average Bonchev–Trinajstić information content (AvgIpc) is 2.54. The van der Waals surface area contributed by atoms with Gasteiger partial charge < -0.3 is 4.74 Å². The zero-order valence-electron chi connectivity index (χ0n) is 12.9. The minimum atomic E-state index is -0.430. The summed E-state index contributed by atoms with van der Waals surface area (Å²) in [6.45, 7) is 3.76. The number of carbonyl (C=O) groups is 2. The Morgan fingerprint density at radius 3 is 2.39 bits per heavy atom. The van der Waals surface area contributed by atoms with Crippen molar-refractivity contribution < 1.29 is 14.3 Å². The number of hydrogen-bond donors (Lipinski definition) is 2. The van der Waals surface area contributed by atoms with Crippen LogP contribution in [0.5, 0.6) is 5.75 Å². The molecule has 0 aliphatic heterocycles. The first-order valence-corrected chi connectivity index (χ1v) is 8.08. The van der Waals surface area contributed by atoms with Gasteiger partial charge in [-0.05, 0) is 66.3 Å². The van der Waals surface area contributed by atoms with E-state index in [0.717, 1.165) is 14.7 Å². The van der Waals surface area contributed by atoms with Crippen LogP contribution in [0.4, 0.5) is 0 Å². The molecule has 0 bridgehead atoms. The van der Waals surface area contributed by atoms with Crippen LogP contribution < -0.4 is 15.6 Å². The molecule has 0 radical (unpaired) electrons. The van der Waals surface area contributed by atoms with Gasteiger partial charge in [-0.1, -0.05) is 23.8 Å². The van der Waals surface area contributed by atoms with E-state index in [9.17, 15) is 9.59 Å². The molecule has 2 aromatic carbocycles. The number of hydrazine groups is 1. The monoisotopic (exact) mass is 424 g/mol. The van der Waals surface area contributed by atoms with Gasteiger partial charge in [-0.2, -0.15) is 0 Å². The Hall–Kier alpha value is -2.09. The van der Waals surface area contributed by atoms with E-state index in [2.05, 4.69) is 33.4 Å². The summed E-state index contributed by atoms with van der Waals surface area (Å²) in [5, 5.41) is 0. The summed E-state index contributed by atoms with van der Waals surface area (Å²) in [5.74, 6) is -0.197. The Labute approximate surface area is 148 Å². The minimum absolute atomic E-state index is 0.172. The van der Waals surface area contributed by atoms with Gasteiger partial charge in [0.05, 0.1) is 0 Å². The summed E-state index contributed by atoms with van der Waals surface area (Å²) in [7, 11) is 0. The number of nitrogens with one attached hydrogen (secondary N) is 2. The molecule has 0 aliphatic carbocycles. The highest BCUT2D eigenvalue weighted by Crippen LogP contribution is 2.13. The smallest absolute Gasteiger partial charge is 0.276 e. The molecule has 0 spiro atoms. The lowest BCUT2D eigenvalue weighted by Crippen LogP contribution is -2.43. The molecule has 120 valence electrons. The van der Waals surface area contributed by atoms with Gasteiger partial charge in [0.2, 0.25) is 0 Å². The number of rotatable bonds is 4. The van der Waals surface area contributed by atoms with E-state index in [-0.39, 0.29) is 12.5 Å². The molecule has 6 heteroatoms. The lowest BCUT2D eigenvalue weighted by atomic mass is 10.1. The molecule has 0 atom stereocenters. The Bertz CT molecular complexity index is 714. The van der Waals surface area contributed by atoms with E-state index in [1.165, 1.54) is 0 Å². The molecule has 0 saturated heterocycles. The number of ether oxygens (including phenoxy) is 1. The standard InChI is InChI=1S/C17H17IN2O3/c1-11-3-7-14(8-4-11)23-10-16(21)19-20-17(22)13-6-5-12(2)15(18)9-13/h3-9H,10H2,1-2H3,(H,19,21)(H,20,22). The SMILES string of the molecule is Cc1ccc(OCC(=O)NNC(=O)c2ccc(C)c(I)c2)cc1. The fourth-order valence-electron chi connectivity index (χ4n) is 1.75. The average molecular weight is 424 g/mol. The maximum Gasteiger partial charge on any atom is 0.276 e. The number of carbonyl (C=O) groups excluding carboxylic acids is 2. The first-order valence-electron chi connectivity index (χ1n) is 7.00. The van der Waals surface area contributed by atoms with Gasteiger partial charge in [0, 0.05) is 9.13 Å². The third kappa shape index (κ3) is 5.24. The zero-order chi connectivity index (χ0) is 16.8. The van der Waals surface area contributed by atoms with E-state index in [1.54, 1.807) is 24.3 Å².